The fourth-order valence-electron chi connectivity index (χ4n) is 0.718. The highest BCUT2D eigenvalue weighted by molar-refractivity contribution is 5.97. The molecule has 0 aliphatic heterocycles. The van der Waals surface area contributed by atoms with E-state index in [0.29, 0.717) is 6.61 Å². The predicted octanol–water partition coefficient (Wildman–Crippen LogP) is 2.27. The molecule has 0 atom stereocenters. The molecule has 3 nitrogen and oxygen atoms in total. The number of rotatable bonds is 5. The summed E-state index contributed by atoms with van der Waals surface area (Å²) in [5.41, 5.74) is 0. The average molecular weight is 193 g/mol. The van der Waals surface area contributed by atoms with E-state index in [1.165, 1.54) is 6.08 Å². The Hall–Kier alpha value is -1.64. The molecule has 0 unspecified atom stereocenters. The molecule has 76 valence electrons. The number of aliphatic imine (C=N–C) groups is 1. The maximum absolute atomic E-state index is 11.2. The number of ether oxygens (including phenoxy) is 1. The van der Waals surface area contributed by atoms with Crippen molar-refractivity contribution in [3.05, 3.63) is 37.5 Å². The highest BCUT2D eigenvalue weighted by Crippen LogP contribution is 1.92. The van der Waals surface area contributed by atoms with Gasteiger partial charge < -0.3 is 4.74 Å². The molecule has 0 saturated heterocycles. The molecule has 0 aromatic carbocycles. The van der Waals surface area contributed by atoms with Crippen molar-refractivity contribution in [2.24, 2.45) is 4.99 Å². The van der Waals surface area contributed by atoms with Crippen molar-refractivity contribution in [1.82, 2.24) is 0 Å². The van der Waals surface area contributed by atoms with E-state index in [9.17, 15) is 4.79 Å². The van der Waals surface area contributed by atoms with Crippen molar-refractivity contribution >= 4 is 11.8 Å². The van der Waals surface area contributed by atoms with E-state index in [1.54, 1.807) is 18.2 Å². The van der Waals surface area contributed by atoms with Gasteiger partial charge in [0, 0.05) is 6.42 Å². The van der Waals surface area contributed by atoms with E-state index in [1.807, 2.05) is 6.92 Å². The first kappa shape index (κ1) is 12.4. The first-order valence-corrected chi connectivity index (χ1v) is 4.38. The summed E-state index contributed by atoms with van der Waals surface area (Å²) >= 11 is 0. The van der Waals surface area contributed by atoms with Crippen LogP contribution in [0.15, 0.2) is 42.5 Å². The summed E-state index contributed by atoms with van der Waals surface area (Å²) in [6, 6.07) is 0. The molecule has 0 aromatic heterocycles. The van der Waals surface area contributed by atoms with Crippen LogP contribution in [0, 0.1) is 0 Å². The third-order valence-corrected chi connectivity index (χ3v) is 1.27. The van der Waals surface area contributed by atoms with Crippen LogP contribution in [0.1, 0.15) is 13.3 Å². The molecular formula is C11H15NO2. The van der Waals surface area contributed by atoms with Crippen LogP contribution in [-0.4, -0.2) is 18.4 Å². The standard InChI is InChI=1S/C11H15NO2/c1-4-7-8-9-10(13)12-11(5-2)14-6-3/h4-5,7-8H,1-2,6,9H2,3H3/b8-7+,12-11?. The second-order valence-corrected chi connectivity index (χ2v) is 2.35. The zero-order valence-corrected chi connectivity index (χ0v) is 8.40. The van der Waals surface area contributed by atoms with Gasteiger partial charge in [-0.25, -0.2) is 0 Å². The van der Waals surface area contributed by atoms with Crippen LogP contribution in [-0.2, 0) is 9.53 Å². The molecular weight excluding hydrogens is 178 g/mol. The molecule has 0 radical (unpaired) electrons. The largest absolute Gasteiger partial charge is 0.478 e. The minimum absolute atomic E-state index is 0.246. The zero-order chi connectivity index (χ0) is 10.8. The lowest BCUT2D eigenvalue weighted by atomic mass is 10.3. The molecule has 0 heterocycles. The van der Waals surface area contributed by atoms with Gasteiger partial charge in [0.15, 0.2) is 0 Å². The molecule has 0 spiro atoms. The molecule has 3 heteroatoms. The summed E-state index contributed by atoms with van der Waals surface area (Å²) in [4.78, 5) is 14.9. The highest BCUT2D eigenvalue weighted by Gasteiger charge is 1.98. The fourth-order valence-corrected chi connectivity index (χ4v) is 0.718. The maximum atomic E-state index is 11.2. The monoisotopic (exact) mass is 193 g/mol. The third kappa shape index (κ3) is 5.94. The van der Waals surface area contributed by atoms with E-state index in [4.69, 9.17) is 4.74 Å². The summed E-state index contributed by atoms with van der Waals surface area (Å²) in [6.07, 6.45) is 6.65. The molecule has 0 aliphatic carbocycles. The SMILES string of the molecule is C=C/C=C/CC(=O)N=C(C=C)OCC. The van der Waals surface area contributed by atoms with Crippen molar-refractivity contribution in [3.63, 3.8) is 0 Å². The van der Waals surface area contributed by atoms with Crippen LogP contribution < -0.4 is 0 Å². The molecule has 0 saturated carbocycles. The van der Waals surface area contributed by atoms with Gasteiger partial charge in [-0.1, -0.05) is 31.4 Å². The van der Waals surface area contributed by atoms with Crippen LogP contribution in [0.3, 0.4) is 0 Å². The summed E-state index contributed by atoms with van der Waals surface area (Å²) < 4.78 is 5.03. The number of hydrogen-bond acceptors (Lipinski definition) is 2. The minimum Gasteiger partial charge on any atom is -0.478 e. The predicted molar refractivity (Wildman–Crippen MR) is 58.2 cm³/mol. The van der Waals surface area contributed by atoms with E-state index in [0.717, 1.165) is 0 Å². The Morgan fingerprint density at radius 1 is 1.50 bits per heavy atom. The van der Waals surface area contributed by atoms with Gasteiger partial charge in [0.05, 0.1) is 6.61 Å². The highest BCUT2D eigenvalue weighted by atomic mass is 16.5. The number of hydrogen-bond donors (Lipinski definition) is 0. The van der Waals surface area contributed by atoms with Crippen LogP contribution in [0.2, 0.25) is 0 Å². The Bertz CT molecular complexity index is 264. The second-order valence-electron chi connectivity index (χ2n) is 2.35. The van der Waals surface area contributed by atoms with E-state index in [-0.39, 0.29) is 18.2 Å². The molecule has 0 bridgehead atoms. The molecule has 1 amide bonds. The van der Waals surface area contributed by atoms with Crippen molar-refractivity contribution in [3.8, 4) is 0 Å². The molecule has 0 aliphatic rings. The van der Waals surface area contributed by atoms with E-state index >= 15 is 0 Å². The van der Waals surface area contributed by atoms with Crippen LogP contribution >= 0.6 is 0 Å². The summed E-state index contributed by atoms with van der Waals surface area (Å²) in [7, 11) is 0. The van der Waals surface area contributed by atoms with Gasteiger partial charge in [-0.3, -0.25) is 4.79 Å². The Balaban J connectivity index is 4.16. The smallest absolute Gasteiger partial charge is 0.252 e. The second kappa shape index (κ2) is 7.98. The lowest BCUT2D eigenvalue weighted by Gasteiger charge is -1.99. The Morgan fingerprint density at radius 2 is 2.21 bits per heavy atom. The number of allylic oxidation sites excluding steroid dienone is 2. The quantitative estimate of drug-likeness (QED) is 0.381. The van der Waals surface area contributed by atoms with Gasteiger partial charge in [0.1, 0.15) is 0 Å². The first-order chi connectivity index (χ1) is 6.74. The van der Waals surface area contributed by atoms with Gasteiger partial charge in [-0.2, -0.15) is 4.99 Å². The van der Waals surface area contributed by atoms with Gasteiger partial charge in [0.25, 0.3) is 5.91 Å². The van der Waals surface area contributed by atoms with Gasteiger partial charge in [-0.05, 0) is 13.0 Å². The topological polar surface area (TPSA) is 38.7 Å². The minimum atomic E-state index is -0.258. The van der Waals surface area contributed by atoms with Crippen molar-refractivity contribution in [2.75, 3.05) is 6.61 Å². The van der Waals surface area contributed by atoms with Gasteiger partial charge >= 0.3 is 0 Å². The van der Waals surface area contributed by atoms with E-state index < -0.39 is 0 Å². The van der Waals surface area contributed by atoms with Gasteiger partial charge in [-0.15, -0.1) is 0 Å². The number of nitrogens with zero attached hydrogens (tertiary/aromatic N) is 1. The van der Waals surface area contributed by atoms with Crippen LogP contribution in [0.4, 0.5) is 0 Å². The molecule has 0 rings (SSSR count). The normalized spacial score (nSPS) is 11.4. The Kier molecular flexibility index (Phi) is 7.05. The summed E-state index contributed by atoms with van der Waals surface area (Å²) in [5.74, 6) is 0.0101. The lowest BCUT2D eigenvalue weighted by molar-refractivity contribution is -0.117. The average Bonchev–Trinajstić information content (AvgIpc) is 2.17. The zero-order valence-electron chi connectivity index (χ0n) is 8.40. The Labute approximate surface area is 84.5 Å². The maximum Gasteiger partial charge on any atom is 0.252 e. The third-order valence-electron chi connectivity index (χ3n) is 1.27. The van der Waals surface area contributed by atoms with Crippen LogP contribution in [0.5, 0.6) is 0 Å². The van der Waals surface area contributed by atoms with Crippen molar-refractivity contribution in [1.29, 1.82) is 0 Å². The molecule has 14 heavy (non-hydrogen) atoms. The lowest BCUT2D eigenvalue weighted by Crippen LogP contribution is -2.04. The van der Waals surface area contributed by atoms with Crippen molar-refractivity contribution < 1.29 is 9.53 Å². The van der Waals surface area contributed by atoms with E-state index in [2.05, 4.69) is 18.2 Å². The van der Waals surface area contributed by atoms with Crippen LogP contribution in [0.25, 0.3) is 0 Å². The molecule has 0 aromatic rings. The van der Waals surface area contributed by atoms with Gasteiger partial charge in [0.2, 0.25) is 5.90 Å². The first-order valence-electron chi connectivity index (χ1n) is 4.38. The summed E-state index contributed by atoms with van der Waals surface area (Å²) in [5, 5.41) is 0. The van der Waals surface area contributed by atoms with Crippen molar-refractivity contribution in [2.45, 2.75) is 13.3 Å². The number of carbonyl (C=O) groups excluding carboxylic acids is 1. The Morgan fingerprint density at radius 3 is 2.71 bits per heavy atom. The summed E-state index contributed by atoms with van der Waals surface area (Å²) in [6.45, 7) is 9.27. The number of carbonyl (C=O) groups is 1. The number of amides is 1. The molecule has 0 N–H and O–H groups in total. The molecule has 0 fully saturated rings. The fraction of sp³-hybridized carbons (Fsp3) is 0.273.